The number of nitrogens with zero attached hydrogens (tertiary/aromatic N) is 2. The van der Waals surface area contributed by atoms with Gasteiger partial charge in [-0.3, -0.25) is 4.68 Å². The van der Waals surface area contributed by atoms with Crippen molar-refractivity contribution in [2.45, 2.75) is 13.0 Å². The fraction of sp³-hybridized carbons (Fsp3) is 0.300. The van der Waals surface area contributed by atoms with Gasteiger partial charge in [-0.15, -0.1) is 0 Å². The van der Waals surface area contributed by atoms with E-state index in [1.807, 2.05) is 25.2 Å². The highest BCUT2D eigenvalue weighted by atomic mass is 35.5. The Balaban J connectivity index is 2.85. The molecule has 2 aromatic rings. The zero-order valence-corrected chi connectivity index (χ0v) is 8.78. The number of halogens is 1. The first-order valence-corrected chi connectivity index (χ1v) is 4.78. The second kappa shape index (κ2) is 3.26. The van der Waals surface area contributed by atoms with Crippen LogP contribution in [0.15, 0.2) is 18.2 Å². The lowest BCUT2D eigenvalue weighted by Gasteiger charge is -2.06. The molecule has 1 aromatic carbocycles. The first kappa shape index (κ1) is 9.49. The number of aliphatic hydroxyl groups is 1. The molecular formula is C10H11ClN2O. The maximum atomic E-state index is 9.57. The molecule has 4 heteroatoms. The van der Waals surface area contributed by atoms with Crippen LogP contribution < -0.4 is 0 Å². The van der Waals surface area contributed by atoms with E-state index >= 15 is 0 Å². The Labute approximate surface area is 86.9 Å². The van der Waals surface area contributed by atoms with E-state index < -0.39 is 6.10 Å². The quantitative estimate of drug-likeness (QED) is 0.784. The molecule has 3 nitrogen and oxygen atoms in total. The van der Waals surface area contributed by atoms with E-state index in [1.54, 1.807) is 11.6 Å². The van der Waals surface area contributed by atoms with Crippen molar-refractivity contribution in [2.24, 2.45) is 7.05 Å². The number of benzene rings is 1. The summed E-state index contributed by atoms with van der Waals surface area (Å²) in [5.74, 6) is 0. The van der Waals surface area contributed by atoms with E-state index in [0.29, 0.717) is 5.15 Å². The van der Waals surface area contributed by atoms with Crippen LogP contribution in [-0.2, 0) is 7.05 Å². The molecule has 74 valence electrons. The topological polar surface area (TPSA) is 38.1 Å². The molecule has 1 heterocycles. The van der Waals surface area contributed by atoms with Crippen LogP contribution in [0.3, 0.4) is 0 Å². The minimum absolute atomic E-state index is 0.477. The van der Waals surface area contributed by atoms with Gasteiger partial charge in [0.1, 0.15) is 0 Å². The van der Waals surface area contributed by atoms with Crippen LogP contribution in [0.4, 0.5) is 0 Å². The molecule has 0 bridgehead atoms. The molecule has 14 heavy (non-hydrogen) atoms. The molecule has 1 aromatic heterocycles. The number of para-hydroxylation sites is 1. The van der Waals surface area contributed by atoms with E-state index in [4.69, 9.17) is 11.6 Å². The largest absolute Gasteiger partial charge is 0.389 e. The lowest BCUT2D eigenvalue weighted by molar-refractivity contribution is 0.200. The summed E-state index contributed by atoms with van der Waals surface area (Å²) in [5.41, 5.74) is 1.75. The number of fused-ring (bicyclic) bond motifs is 1. The van der Waals surface area contributed by atoms with Gasteiger partial charge in [0.2, 0.25) is 0 Å². The summed E-state index contributed by atoms with van der Waals surface area (Å²) in [5, 5.41) is 15.0. The maximum absolute atomic E-state index is 9.57. The average molecular weight is 211 g/mol. The van der Waals surface area contributed by atoms with E-state index in [2.05, 4.69) is 5.10 Å². The Morgan fingerprint density at radius 2 is 2.21 bits per heavy atom. The Morgan fingerprint density at radius 1 is 1.50 bits per heavy atom. The van der Waals surface area contributed by atoms with Crippen LogP contribution >= 0.6 is 11.6 Å². The van der Waals surface area contributed by atoms with Gasteiger partial charge in [0.05, 0.1) is 11.6 Å². The summed E-state index contributed by atoms with van der Waals surface area (Å²) in [7, 11) is 1.82. The zero-order valence-electron chi connectivity index (χ0n) is 8.03. The molecule has 0 saturated heterocycles. The highest BCUT2D eigenvalue weighted by Gasteiger charge is 2.12. The fourth-order valence-corrected chi connectivity index (χ4v) is 1.93. The smallest absolute Gasteiger partial charge is 0.158 e. The molecule has 2 rings (SSSR count). The second-order valence-electron chi connectivity index (χ2n) is 3.33. The third-order valence-corrected chi connectivity index (χ3v) is 2.58. The van der Waals surface area contributed by atoms with E-state index in [9.17, 15) is 5.11 Å². The maximum Gasteiger partial charge on any atom is 0.158 e. The van der Waals surface area contributed by atoms with Gasteiger partial charge in [0.15, 0.2) is 5.15 Å². The van der Waals surface area contributed by atoms with Gasteiger partial charge in [-0.25, -0.2) is 0 Å². The van der Waals surface area contributed by atoms with E-state index in [1.165, 1.54) is 0 Å². The molecule has 1 atom stereocenters. The van der Waals surface area contributed by atoms with Crippen LogP contribution in [0, 0.1) is 0 Å². The van der Waals surface area contributed by atoms with Gasteiger partial charge < -0.3 is 5.11 Å². The Hall–Kier alpha value is -1.06. The van der Waals surface area contributed by atoms with Crippen molar-refractivity contribution in [3.8, 4) is 0 Å². The molecule has 0 saturated carbocycles. The summed E-state index contributed by atoms with van der Waals surface area (Å²) < 4.78 is 1.69. The summed E-state index contributed by atoms with van der Waals surface area (Å²) in [6, 6.07) is 5.65. The SMILES string of the molecule is CC(O)c1cccc2c(Cl)nn(C)c12. The normalized spacial score (nSPS) is 13.4. The first-order valence-electron chi connectivity index (χ1n) is 4.40. The molecule has 0 spiro atoms. The average Bonchev–Trinajstić information content (AvgIpc) is 2.43. The Bertz CT molecular complexity index is 476. The van der Waals surface area contributed by atoms with Gasteiger partial charge >= 0.3 is 0 Å². The van der Waals surface area contributed by atoms with Gasteiger partial charge in [0.25, 0.3) is 0 Å². The summed E-state index contributed by atoms with van der Waals surface area (Å²) in [4.78, 5) is 0. The van der Waals surface area contributed by atoms with Crippen molar-refractivity contribution in [1.82, 2.24) is 9.78 Å². The van der Waals surface area contributed by atoms with Gasteiger partial charge in [-0.2, -0.15) is 5.10 Å². The third-order valence-electron chi connectivity index (χ3n) is 2.30. The predicted octanol–water partition coefficient (Wildman–Crippen LogP) is 2.28. The lowest BCUT2D eigenvalue weighted by Crippen LogP contribution is -1.97. The second-order valence-corrected chi connectivity index (χ2v) is 3.69. The zero-order chi connectivity index (χ0) is 10.3. The number of aromatic nitrogens is 2. The molecule has 1 unspecified atom stereocenters. The highest BCUT2D eigenvalue weighted by molar-refractivity contribution is 6.34. The van der Waals surface area contributed by atoms with Crippen molar-refractivity contribution in [3.63, 3.8) is 0 Å². The molecule has 0 radical (unpaired) electrons. The fourth-order valence-electron chi connectivity index (χ4n) is 1.66. The van der Waals surface area contributed by atoms with Crippen molar-refractivity contribution in [2.75, 3.05) is 0 Å². The molecular weight excluding hydrogens is 200 g/mol. The minimum Gasteiger partial charge on any atom is -0.389 e. The van der Waals surface area contributed by atoms with Crippen LogP contribution in [-0.4, -0.2) is 14.9 Å². The lowest BCUT2D eigenvalue weighted by atomic mass is 10.1. The van der Waals surface area contributed by atoms with Crippen LogP contribution in [0.2, 0.25) is 5.15 Å². The van der Waals surface area contributed by atoms with Crippen molar-refractivity contribution < 1.29 is 5.11 Å². The monoisotopic (exact) mass is 210 g/mol. The summed E-state index contributed by atoms with van der Waals surface area (Å²) >= 11 is 5.94. The molecule has 1 N–H and O–H groups in total. The number of aryl methyl sites for hydroxylation is 1. The number of hydrogen-bond donors (Lipinski definition) is 1. The van der Waals surface area contributed by atoms with Crippen molar-refractivity contribution in [3.05, 3.63) is 28.9 Å². The number of rotatable bonds is 1. The summed E-state index contributed by atoms with van der Waals surface area (Å²) in [6.45, 7) is 1.73. The summed E-state index contributed by atoms with van der Waals surface area (Å²) in [6.07, 6.45) is -0.509. The standard InChI is InChI=1S/C10H11ClN2O/c1-6(14)7-4-3-5-8-9(7)13(2)12-10(8)11/h3-6,14H,1-2H3. The first-order chi connectivity index (χ1) is 6.61. The molecule has 0 amide bonds. The minimum atomic E-state index is -0.509. The van der Waals surface area contributed by atoms with E-state index in [-0.39, 0.29) is 0 Å². The Kier molecular flexibility index (Phi) is 2.21. The highest BCUT2D eigenvalue weighted by Crippen LogP contribution is 2.28. The van der Waals surface area contributed by atoms with Crippen molar-refractivity contribution in [1.29, 1.82) is 0 Å². The van der Waals surface area contributed by atoms with Gasteiger partial charge in [-0.05, 0) is 13.0 Å². The van der Waals surface area contributed by atoms with E-state index in [0.717, 1.165) is 16.5 Å². The molecule has 0 aliphatic heterocycles. The number of aliphatic hydroxyl groups excluding tert-OH is 1. The molecule has 0 aliphatic rings. The molecule has 0 fully saturated rings. The van der Waals surface area contributed by atoms with Gasteiger partial charge in [-0.1, -0.05) is 23.7 Å². The van der Waals surface area contributed by atoms with Crippen LogP contribution in [0.25, 0.3) is 10.9 Å². The number of hydrogen-bond acceptors (Lipinski definition) is 2. The molecule has 0 aliphatic carbocycles. The van der Waals surface area contributed by atoms with Gasteiger partial charge in [0, 0.05) is 18.0 Å². The van der Waals surface area contributed by atoms with Crippen LogP contribution in [0.5, 0.6) is 0 Å². The van der Waals surface area contributed by atoms with Crippen LogP contribution in [0.1, 0.15) is 18.6 Å². The predicted molar refractivity (Wildman–Crippen MR) is 56.4 cm³/mol. The van der Waals surface area contributed by atoms with Crippen molar-refractivity contribution >= 4 is 22.5 Å². The Morgan fingerprint density at radius 3 is 2.86 bits per heavy atom. The third kappa shape index (κ3) is 1.29.